The van der Waals surface area contributed by atoms with Gasteiger partial charge in [0, 0.05) is 35.7 Å². The van der Waals surface area contributed by atoms with Crippen molar-refractivity contribution < 1.29 is 8.42 Å². The van der Waals surface area contributed by atoms with Crippen LogP contribution in [0.4, 0.5) is 5.13 Å². The van der Waals surface area contributed by atoms with Crippen molar-refractivity contribution in [3.8, 4) is 0 Å². The third-order valence-corrected chi connectivity index (χ3v) is 7.26. The van der Waals surface area contributed by atoms with Gasteiger partial charge in [0.15, 0.2) is 15.0 Å². The summed E-state index contributed by atoms with van der Waals surface area (Å²) >= 11 is 3.31. The standard InChI is InChI=1S/C13H23N3O2S3/c1-4-5-14-8-11-10(2)15-13(20-11)16-6-7-19-9-12(16)21(3,17)18/h12,14H,4-9H2,1-3H3. The Kier molecular flexibility index (Phi) is 5.93. The fraction of sp³-hybridized carbons (Fsp3) is 0.769. The van der Waals surface area contributed by atoms with Gasteiger partial charge in [-0.05, 0) is 19.9 Å². The van der Waals surface area contributed by atoms with Crippen molar-refractivity contribution in [3.63, 3.8) is 0 Å². The van der Waals surface area contributed by atoms with Crippen molar-refractivity contribution in [2.75, 3.05) is 35.8 Å². The van der Waals surface area contributed by atoms with Crippen LogP contribution < -0.4 is 10.2 Å². The van der Waals surface area contributed by atoms with E-state index in [2.05, 4.69) is 17.2 Å². The highest BCUT2D eigenvalue weighted by Crippen LogP contribution is 2.32. The molecule has 1 aromatic heterocycles. The van der Waals surface area contributed by atoms with E-state index in [9.17, 15) is 8.42 Å². The van der Waals surface area contributed by atoms with Crippen LogP contribution in [-0.2, 0) is 16.4 Å². The Bertz CT molecular complexity index is 571. The summed E-state index contributed by atoms with van der Waals surface area (Å²) in [4.78, 5) is 7.77. The van der Waals surface area contributed by atoms with E-state index in [1.807, 2.05) is 11.8 Å². The molecule has 1 unspecified atom stereocenters. The maximum Gasteiger partial charge on any atom is 0.186 e. The molecule has 1 atom stereocenters. The Morgan fingerprint density at radius 1 is 1.48 bits per heavy atom. The van der Waals surface area contributed by atoms with Gasteiger partial charge in [0.25, 0.3) is 0 Å². The van der Waals surface area contributed by atoms with Crippen molar-refractivity contribution in [1.82, 2.24) is 10.3 Å². The van der Waals surface area contributed by atoms with Gasteiger partial charge in [0.05, 0.1) is 5.69 Å². The molecular weight excluding hydrogens is 326 g/mol. The van der Waals surface area contributed by atoms with Gasteiger partial charge in [-0.25, -0.2) is 13.4 Å². The summed E-state index contributed by atoms with van der Waals surface area (Å²) in [7, 11) is -3.09. The molecule has 0 bridgehead atoms. The van der Waals surface area contributed by atoms with E-state index in [1.54, 1.807) is 23.1 Å². The smallest absolute Gasteiger partial charge is 0.186 e. The van der Waals surface area contributed by atoms with E-state index >= 15 is 0 Å². The fourth-order valence-electron chi connectivity index (χ4n) is 2.23. The number of nitrogens with one attached hydrogen (secondary N) is 1. The maximum absolute atomic E-state index is 12.0. The van der Waals surface area contributed by atoms with Gasteiger partial charge in [0.2, 0.25) is 0 Å². The Labute approximate surface area is 135 Å². The lowest BCUT2D eigenvalue weighted by Gasteiger charge is -2.33. The molecule has 1 aromatic rings. The van der Waals surface area contributed by atoms with Crippen molar-refractivity contribution in [2.24, 2.45) is 0 Å². The molecule has 2 heterocycles. The van der Waals surface area contributed by atoms with Gasteiger partial charge in [-0.3, -0.25) is 0 Å². The largest absolute Gasteiger partial charge is 0.329 e. The van der Waals surface area contributed by atoms with E-state index < -0.39 is 15.2 Å². The number of anilines is 1. The van der Waals surface area contributed by atoms with E-state index in [1.165, 1.54) is 11.1 Å². The molecule has 1 aliphatic heterocycles. The highest BCUT2D eigenvalue weighted by atomic mass is 32.2. The van der Waals surface area contributed by atoms with Crippen LogP contribution in [-0.4, -0.2) is 49.6 Å². The van der Waals surface area contributed by atoms with Crippen LogP contribution in [0.25, 0.3) is 0 Å². The topological polar surface area (TPSA) is 62.3 Å². The first-order chi connectivity index (χ1) is 9.93. The highest BCUT2D eigenvalue weighted by molar-refractivity contribution is 8.01. The normalized spacial score (nSPS) is 20.0. The molecule has 0 aliphatic carbocycles. The summed E-state index contributed by atoms with van der Waals surface area (Å²) in [6.45, 7) is 6.68. The van der Waals surface area contributed by atoms with Crippen molar-refractivity contribution >= 4 is 38.1 Å². The minimum absolute atomic E-state index is 0.446. The van der Waals surface area contributed by atoms with Crippen LogP contribution in [0.1, 0.15) is 23.9 Å². The third kappa shape index (κ3) is 4.34. The molecule has 1 saturated heterocycles. The number of hydrogen-bond acceptors (Lipinski definition) is 7. The minimum Gasteiger partial charge on any atom is -0.329 e. The molecule has 0 amide bonds. The summed E-state index contributed by atoms with van der Waals surface area (Å²) in [6.07, 6.45) is 2.42. The van der Waals surface area contributed by atoms with Gasteiger partial charge in [-0.15, -0.1) is 11.3 Å². The van der Waals surface area contributed by atoms with Crippen LogP contribution in [0.15, 0.2) is 0 Å². The van der Waals surface area contributed by atoms with Gasteiger partial charge in [-0.1, -0.05) is 6.92 Å². The van der Waals surface area contributed by atoms with Gasteiger partial charge in [0.1, 0.15) is 5.37 Å². The lowest BCUT2D eigenvalue weighted by molar-refractivity contribution is 0.584. The van der Waals surface area contributed by atoms with Crippen LogP contribution in [0, 0.1) is 6.92 Å². The maximum atomic E-state index is 12.0. The molecule has 21 heavy (non-hydrogen) atoms. The molecule has 0 radical (unpaired) electrons. The second-order valence-electron chi connectivity index (χ2n) is 5.23. The number of nitrogens with zero attached hydrogens (tertiary/aromatic N) is 2. The van der Waals surface area contributed by atoms with E-state index in [-0.39, 0.29) is 0 Å². The van der Waals surface area contributed by atoms with Crippen LogP contribution in [0.3, 0.4) is 0 Å². The Morgan fingerprint density at radius 3 is 2.90 bits per heavy atom. The molecular formula is C13H23N3O2S3. The van der Waals surface area contributed by atoms with E-state index in [0.717, 1.165) is 42.6 Å². The predicted molar refractivity (Wildman–Crippen MR) is 92.2 cm³/mol. The quantitative estimate of drug-likeness (QED) is 0.791. The van der Waals surface area contributed by atoms with Crippen LogP contribution in [0.2, 0.25) is 0 Å². The number of thioether (sulfide) groups is 1. The summed E-state index contributed by atoms with van der Waals surface area (Å²) in [5, 5.41) is 3.78. The van der Waals surface area contributed by atoms with Crippen LogP contribution >= 0.6 is 23.1 Å². The fourth-order valence-corrected chi connectivity index (χ4v) is 6.22. The van der Waals surface area contributed by atoms with Crippen LogP contribution in [0.5, 0.6) is 0 Å². The minimum atomic E-state index is -3.09. The first-order valence-corrected chi connectivity index (χ1v) is 11.1. The Hall–Kier alpha value is -0.310. The van der Waals surface area contributed by atoms with Crippen molar-refractivity contribution in [2.45, 2.75) is 32.2 Å². The SMILES string of the molecule is CCCNCc1sc(N2CCSCC2S(C)(=O)=O)nc1C. The van der Waals surface area contributed by atoms with E-state index in [4.69, 9.17) is 0 Å². The van der Waals surface area contributed by atoms with Gasteiger partial charge < -0.3 is 10.2 Å². The number of hydrogen-bond donors (Lipinski definition) is 1. The lowest BCUT2D eigenvalue weighted by atomic mass is 10.4. The third-order valence-electron chi connectivity index (χ3n) is 3.42. The number of aromatic nitrogens is 1. The lowest BCUT2D eigenvalue weighted by Crippen LogP contribution is -2.47. The molecule has 1 fully saturated rings. The first-order valence-electron chi connectivity index (χ1n) is 7.13. The van der Waals surface area contributed by atoms with E-state index in [0.29, 0.717) is 5.75 Å². The Morgan fingerprint density at radius 2 is 2.24 bits per heavy atom. The van der Waals surface area contributed by atoms with Crippen molar-refractivity contribution in [3.05, 3.63) is 10.6 Å². The summed E-state index contributed by atoms with van der Waals surface area (Å²) < 4.78 is 24.0. The molecule has 1 aliphatic rings. The zero-order valence-corrected chi connectivity index (χ0v) is 15.2. The predicted octanol–water partition coefficient (Wildman–Crippen LogP) is 1.88. The summed E-state index contributed by atoms with van der Waals surface area (Å²) in [5.41, 5.74) is 1.00. The number of rotatable bonds is 6. The van der Waals surface area contributed by atoms with Gasteiger partial charge in [-0.2, -0.15) is 11.8 Å². The first kappa shape index (κ1) is 17.1. The second-order valence-corrected chi connectivity index (χ2v) is 9.65. The zero-order chi connectivity index (χ0) is 15.5. The molecule has 0 aromatic carbocycles. The summed E-state index contributed by atoms with van der Waals surface area (Å²) in [6, 6.07) is 0. The zero-order valence-electron chi connectivity index (χ0n) is 12.8. The molecule has 8 heteroatoms. The molecule has 120 valence electrons. The van der Waals surface area contributed by atoms with Crippen molar-refractivity contribution in [1.29, 1.82) is 0 Å². The number of sulfone groups is 1. The monoisotopic (exact) mass is 349 g/mol. The highest BCUT2D eigenvalue weighted by Gasteiger charge is 2.33. The second kappa shape index (κ2) is 7.30. The molecule has 5 nitrogen and oxygen atoms in total. The molecule has 1 N–H and O–H groups in total. The molecule has 2 rings (SSSR count). The Balaban J connectivity index is 2.18. The average Bonchev–Trinajstić information content (AvgIpc) is 2.80. The number of aryl methyl sites for hydroxylation is 1. The average molecular weight is 350 g/mol. The summed E-state index contributed by atoms with van der Waals surface area (Å²) in [5.74, 6) is 1.58. The van der Waals surface area contributed by atoms with Gasteiger partial charge >= 0.3 is 0 Å². The molecule has 0 saturated carbocycles. The number of thiazole rings is 1. The molecule has 0 spiro atoms.